The van der Waals surface area contributed by atoms with Gasteiger partial charge in [0.2, 0.25) is 5.91 Å². The minimum Gasteiger partial charge on any atom is -0.370 e. The van der Waals surface area contributed by atoms with E-state index in [9.17, 15) is 9.18 Å². The molecular weight excluding hydrogens is 379 g/mol. The second-order valence-corrected chi connectivity index (χ2v) is 7.98. The number of rotatable bonds is 6. The fourth-order valence-corrected chi connectivity index (χ4v) is 4.32. The predicted molar refractivity (Wildman–Crippen MR) is 120 cm³/mol. The smallest absolute Gasteiger partial charge is 0.227 e. The van der Waals surface area contributed by atoms with Gasteiger partial charge < -0.3 is 15.2 Å². The molecule has 158 valence electrons. The molecule has 4 rings (SSSR count). The summed E-state index contributed by atoms with van der Waals surface area (Å²) in [6.45, 7) is 5.89. The summed E-state index contributed by atoms with van der Waals surface area (Å²) < 4.78 is 13.3. The minimum absolute atomic E-state index is 0.0931. The van der Waals surface area contributed by atoms with E-state index in [1.807, 2.05) is 12.1 Å². The third-order valence-electron chi connectivity index (χ3n) is 6.05. The van der Waals surface area contributed by atoms with Crippen LogP contribution in [0.2, 0.25) is 0 Å². The monoisotopic (exact) mass is 408 g/mol. The van der Waals surface area contributed by atoms with Crippen molar-refractivity contribution >= 4 is 28.3 Å². The molecule has 0 radical (unpaired) electrons. The number of fused-ring (bicyclic) bond motifs is 1. The molecule has 6 heteroatoms. The van der Waals surface area contributed by atoms with E-state index in [0.29, 0.717) is 5.82 Å². The van der Waals surface area contributed by atoms with E-state index < -0.39 is 0 Å². The maximum Gasteiger partial charge on any atom is 0.227 e. The van der Waals surface area contributed by atoms with Crippen LogP contribution in [0.25, 0.3) is 22.4 Å². The number of aromatic amines is 1. The van der Waals surface area contributed by atoms with E-state index >= 15 is 0 Å². The van der Waals surface area contributed by atoms with Gasteiger partial charge in [-0.15, -0.1) is 0 Å². The highest BCUT2D eigenvalue weighted by molar-refractivity contribution is 5.99. The van der Waals surface area contributed by atoms with Crippen LogP contribution in [-0.4, -0.2) is 29.0 Å². The first kappa shape index (κ1) is 20.4. The highest BCUT2D eigenvalue weighted by atomic mass is 19.1. The van der Waals surface area contributed by atoms with Crippen LogP contribution in [0.1, 0.15) is 46.0 Å². The number of nitrogens with zero attached hydrogens (tertiary/aromatic N) is 2. The zero-order valence-electron chi connectivity index (χ0n) is 17.7. The van der Waals surface area contributed by atoms with Crippen molar-refractivity contribution in [2.24, 2.45) is 5.92 Å². The zero-order chi connectivity index (χ0) is 21.1. The van der Waals surface area contributed by atoms with Crippen molar-refractivity contribution in [3.63, 3.8) is 0 Å². The Morgan fingerprint density at radius 2 is 1.83 bits per heavy atom. The number of carbonyl (C=O) groups excluding carboxylic acids is 1. The van der Waals surface area contributed by atoms with Gasteiger partial charge in [-0.2, -0.15) is 0 Å². The topological polar surface area (TPSA) is 61.0 Å². The number of H-pyrrole nitrogens is 1. The van der Waals surface area contributed by atoms with Crippen molar-refractivity contribution in [1.29, 1.82) is 0 Å². The predicted octanol–water partition coefficient (Wildman–Crippen LogP) is 5.73. The molecule has 1 aromatic heterocycles. The van der Waals surface area contributed by atoms with Gasteiger partial charge in [-0.1, -0.05) is 19.3 Å². The Kier molecular flexibility index (Phi) is 6.02. The Labute approximate surface area is 176 Å². The lowest BCUT2D eigenvalue weighted by Gasteiger charge is -2.26. The summed E-state index contributed by atoms with van der Waals surface area (Å²) in [7, 11) is 0. The van der Waals surface area contributed by atoms with Crippen molar-refractivity contribution in [3.8, 4) is 11.4 Å². The lowest BCUT2D eigenvalue weighted by Crippen LogP contribution is -2.27. The molecule has 0 saturated heterocycles. The Morgan fingerprint density at radius 1 is 1.13 bits per heavy atom. The van der Waals surface area contributed by atoms with Crippen molar-refractivity contribution < 1.29 is 9.18 Å². The van der Waals surface area contributed by atoms with Crippen LogP contribution in [0.5, 0.6) is 0 Å². The van der Waals surface area contributed by atoms with Crippen molar-refractivity contribution in [2.75, 3.05) is 23.3 Å². The molecule has 30 heavy (non-hydrogen) atoms. The van der Waals surface area contributed by atoms with Crippen LogP contribution < -0.4 is 10.2 Å². The maximum atomic E-state index is 13.3. The maximum absolute atomic E-state index is 13.3. The van der Waals surface area contributed by atoms with Crippen molar-refractivity contribution in [2.45, 2.75) is 46.0 Å². The summed E-state index contributed by atoms with van der Waals surface area (Å²) in [5.74, 6) is 0.619. The third-order valence-corrected chi connectivity index (χ3v) is 6.05. The van der Waals surface area contributed by atoms with Crippen molar-refractivity contribution in [3.05, 3.63) is 42.2 Å². The Balaban J connectivity index is 1.71. The Hall–Kier alpha value is -2.89. The van der Waals surface area contributed by atoms with E-state index in [1.54, 1.807) is 12.1 Å². The van der Waals surface area contributed by atoms with Gasteiger partial charge in [0, 0.05) is 24.6 Å². The Morgan fingerprint density at radius 3 is 2.50 bits per heavy atom. The van der Waals surface area contributed by atoms with Crippen LogP contribution in [0, 0.1) is 11.7 Å². The van der Waals surface area contributed by atoms with E-state index in [2.05, 4.69) is 29.0 Å². The van der Waals surface area contributed by atoms with E-state index in [1.165, 1.54) is 18.6 Å². The van der Waals surface area contributed by atoms with E-state index in [4.69, 9.17) is 4.98 Å². The minimum atomic E-state index is -0.272. The lowest BCUT2D eigenvalue weighted by atomic mass is 9.88. The highest BCUT2D eigenvalue weighted by Crippen LogP contribution is 2.33. The molecule has 1 heterocycles. The number of amides is 1. The molecule has 2 N–H and O–H groups in total. The molecule has 0 atom stereocenters. The molecule has 5 nitrogen and oxygen atoms in total. The van der Waals surface area contributed by atoms with Gasteiger partial charge in [0.1, 0.15) is 11.6 Å². The molecule has 1 amide bonds. The number of benzene rings is 2. The number of nitrogens with one attached hydrogen (secondary N) is 2. The van der Waals surface area contributed by atoms with Gasteiger partial charge in [-0.05, 0) is 63.1 Å². The van der Waals surface area contributed by atoms with Gasteiger partial charge >= 0.3 is 0 Å². The number of imidazole rings is 1. The molecule has 0 unspecified atom stereocenters. The summed E-state index contributed by atoms with van der Waals surface area (Å²) in [6.07, 6.45) is 5.41. The van der Waals surface area contributed by atoms with E-state index in [-0.39, 0.29) is 17.6 Å². The fraction of sp³-hybridized carbons (Fsp3) is 0.417. The van der Waals surface area contributed by atoms with Gasteiger partial charge in [0.05, 0.1) is 22.4 Å². The second kappa shape index (κ2) is 8.86. The summed E-state index contributed by atoms with van der Waals surface area (Å²) in [4.78, 5) is 23.2. The van der Waals surface area contributed by atoms with Gasteiger partial charge in [0.15, 0.2) is 0 Å². The SMILES string of the molecule is CCN(CC)c1cc2nc(-c3ccc(F)cc3)[nH]c2cc1NC(=O)C1CCCCC1. The van der Waals surface area contributed by atoms with Gasteiger partial charge in [-0.25, -0.2) is 9.37 Å². The average Bonchev–Trinajstić information content (AvgIpc) is 3.18. The summed E-state index contributed by atoms with van der Waals surface area (Å²) in [5, 5.41) is 3.20. The van der Waals surface area contributed by atoms with Gasteiger partial charge in [-0.3, -0.25) is 4.79 Å². The molecule has 2 aromatic carbocycles. The standard InChI is InChI=1S/C24H29FN4O/c1-3-29(4-2)22-15-20-19(26-23(27-20)16-10-12-18(25)13-11-16)14-21(22)28-24(30)17-8-6-5-7-9-17/h10-15,17H,3-9H2,1-2H3,(H,26,27)(H,28,30). The lowest BCUT2D eigenvalue weighted by molar-refractivity contribution is -0.120. The van der Waals surface area contributed by atoms with Crippen LogP contribution >= 0.6 is 0 Å². The normalized spacial score (nSPS) is 14.8. The van der Waals surface area contributed by atoms with Gasteiger partial charge in [0.25, 0.3) is 0 Å². The number of halogens is 1. The van der Waals surface area contributed by atoms with Crippen LogP contribution in [0.15, 0.2) is 36.4 Å². The highest BCUT2D eigenvalue weighted by Gasteiger charge is 2.23. The Bertz CT molecular complexity index is 1020. The number of hydrogen-bond acceptors (Lipinski definition) is 3. The van der Waals surface area contributed by atoms with Crippen LogP contribution in [0.3, 0.4) is 0 Å². The molecule has 0 aliphatic heterocycles. The summed E-state index contributed by atoms with van der Waals surface area (Å²) >= 11 is 0. The quantitative estimate of drug-likeness (QED) is 0.547. The first-order chi connectivity index (χ1) is 14.6. The first-order valence-corrected chi connectivity index (χ1v) is 10.9. The third kappa shape index (κ3) is 4.18. The largest absolute Gasteiger partial charge is 0.370 e. The number of anilines is 2. The first-order valence-electron chi connectivity index (χ1n) is 10.9. The van der Waals surface area contributed by atoms with Crippen molar-refractivity contribution in [1.82, 2.24) is 9.97 Å². The molecule has 1 aliphatic carbocycles. The molecule has 1 fully saturated rings. The molecule has 0 bridgehead atoms. The summed E-state index contributed by atoms with van der Waals surface area (Å²) in [5.41, 5.74) is 4.30. The second-order valence-electron chi connectivity index (χ2n) is 7.98. The van der Waals surface area contributed by atoms with Crippen LogP contribution in [-0.2, 0) is 4.79 Å². The molecule has 0 spiro atoms. The molecule has 1 saturated carbocycles. The number of carbonyl (C=O) groups is 1. The molecular formula is C24H29FN4O. The fourth-order valence-electron chi connectivity index (χ4n) is 4.32. The summed E-state index contributed by atoms with van der Waals surface area (Å²) in [6, 6.07) is 10.3. The average molecular weight is 409 g/mol. The zero-order valence-corrected chi connectivity index (χ0v) is 17.7. The number of aromatic nitrogens is 2. The van der Waals surface area contributed by atoms with E-state index in [0.717, 1.165) is 66.7 Å². The van der Waals surface area contributed by atoms with Crippen LogP contribution in [0.4, 0.5) is 15.8 Å². The number of hydrogen-bond donors (Lipinski definition) is 2. The molecule has 1 aliphatic rings. The molecule has 3 aromatic rings.